The van der Waals surface area contributed by atoms with E-state index in [2.05, 4.69) is 0 Å². The molecule has 0 bridgehead atoms. The highest BCUT2D eigenvalue weighted by Crippen LogP contribution is 2.33. The van der Waals surface area contributed by atoms with E-state index in [0.717, 1.165) is 0 Å². The molecule has 23 heavy (non-hydrogen) atoms. The Morgan fingerprint density at radius 3 is 2.74 bits per heavy atom. The summed E-state index contributed by atoms with van der Waals surface area (Å²) in [5, 5.41) is 9.97. The lowest BCUT2D eigenvalue weighted by molar-refractivity contribution is -0.155. The molecule has 0 amide bonds. The topological polar surface area (TPSA) is 87.0 Å². The Bertz CT molecular complexity index is 670. The minimum absolute atomic E-state index is 0.00547. The van der Waals surface area contributed by atoms with Gasteiger partial charge < -0.3 is 23.9 Å². The van der Waals surface area contributed by atoms with Crippen molar-refractivity contribution in [1.29, 1.82) is 0 Å². The minimum atomic E-state index is -0.565. The summed E-state index contributed by atoms with van der Waals surface area (Å²) in [6.07, 6.45) is 0.536. The number of esters is 2. The molecule has 1 saturated heterocycles. The first-order valence-corrected chi connectivity index (χ1v) is 7.57. The van der Waals surface area contributed by atoms with Crippen molar-refractivity contribution in [2.75, 3.05) is 6.61 Å². The van der Waals surface area contributed by atoms with Gasteiger partial charge in [0.05, 0.1) is 10.2 Å². The van der Waals surface area contributed by atoms with Gasteiger partial charge in [0.2, 0.25) is 0 Å². The van der Waals surface area contributed by atoms with Gasteiger partial charge in [-0.05, 0) is 13.0 Å². The first kappa shape index (κ1) is 17.4. The van der Waals surface area contributed by atoms with Crippen LogP contribution < -0.4 is 0 Å². The van der Waals surface area contributed by atoms with Gasteiger partial charge in [0, 0.05) is 26.5 Å². The van der Waals surface area contributed by atoms with Crippen molar-refractivity contribution in [2.24, 2.45) is 0 Å². The van der Waals surface area contributed by atoms with Crippen LogP contribution in [0.15, 0.2) is 12.3 Å². The number of carbonyl (C=O) groups is 2. The fraction of sp³-hybridized carbons (Fsp3) is 0.533. The smallest absolute Gasteiger partial charge is 0.303 e. The Hall–Kier alpha value is -1.93. The van der Waals surface area contributed by atoms with Gasteiger partial charge in [0.15, 0.2) is 5.75 Å². The number of ether oxygens (including phenoxy) is 3. The normalized spacial score (nSPS) is 23.5. The van der Waals surface area contributed by atoms with Gasteiger partial charge in [-0.3, -0.25) is 9.59 Å². The molecule has 0 aliphatic carbocycles. The summed E-state index contributed by atoms with van der Waals surface area (Å²) in [5.74, 6) is -0.855. The third-order valence-electron chi connectivity index (χ3n) is 3.61. The van der Waals surface area contributed by atoms with Crippen molar-refractivity contribution in [3.8, 4) is 5.75 Å². The van der Waals surface area contributed by atoms with E-state index in [1.807, 2.05) is 0 Å². The zero-order valence-electron chi connectivity index (χ0n) is 13.1. The van der Waals surface area contributed by atoms with Crippen LogP contribution in [0.4, 0.5) is 0 Å². The average Bonchev–Trinajstić information content (AvgIpc) is 2.84. The van der Waals surface area contributed by atoms with E-state index in [1.165, 1.54) is 13.8 Å². The number of hydrogen-bond acceptors (Lipinski definition) is 7. The molecule has 1 N–H and O–H groups in total. The molecule has 7 nitrogen and oxygen atoms in total. The maximum Gasteiger partial charge on any atom is 0.303 e. The number of pyridine rings is 1. The fourth-order valence-corrected chi connectivity index (χ4v) is 2.72. The van der Waals surface area contributed by atoms with Gasteiger partial charge >= 0.3 is 11.9 Å². The number of aromatic hydroxyl groups is 1. The highest BCUT2D eigenvalue weighted by atomic mass is 32.1. The van der Waals surface area contributed by atoms with E-state index >= 15 is 0 Å². The van der Waals surface area contributed by atoms with Gasteiger partial charge in [-0.15, -0.1) is 0 Å². The Balaban J connectivity index is 2.21. The molecule has 1 aromatic rings. The third-order valence-corrected chi connectivity index (χ3v) is 3.94. The highest BCUT2D eigenvalue weighted by Gasteiger charge is 2.39. The van der Waals surface area contributed by atoms with Crippen molar-refractivity contribution in [3.63, 3.8) is 0 Å². The van der Waals surface area contributed by atoms with Crippen molar-refractivity contribution < 1.29 is 28.9 Å². The van der Waals surface area contributed by atoms with E-state index in [0.29, 0.717) is 16.6 Å². The maximum absolute atomic E-state index is 11.2. The first-order valence-electron chi connectivity index (χ1n) is 7.16. The maximum atomic E-state index is 11.2. The van der Waals surface area contributed by atoms with Crippen molar-refractivity contribution >= 4 is 24.2 Å². The highest BCUT2D eigenvalue weighted by molar-refractivity contribution is 7.71. The average molecular weight is 341 g/mol. The molecule has 0 spiro atoms. The molecule has 2 rings (SSSR count). The summed E-state index contributed by atoms with van der Waals surface area (Å²) in [6.45, 7) is 4.32. The molecular formula is C15H19NO6S. The Kier molecular flexibility index (Phi) is 5.38. The van der Waals surface area contributed by atoms with E-state index in [-0.39, 0.29) is 12.4 Å². The quantitative estimate of drug-likeness (QED) is 0.662. The predicted octanol–water partition coefficient (Wildman–Crippen LogP) is 2.01. The number of hydrogen-bond donors (Lipinski definition) is 1. The standard InChI is InChI=1S/C15H19NO6S/c1-8-15(19)13(23)4-5-16(8)14-6-11(21-10(3)18)12(22-14)7-20-9(2)17/h4-5,11-12,14,19H,6-7H2,1-3H3/t11-,12+,14+/m0/s1. The van der Waals surface area contributed by atoms with Crippen molar-refractivity contribution in [1.82, 2.24) is 4.57 Å². The minimum Gasteiger partial charge on any atom is -0.505 e. The van der Waals surface area contributed by atoms with E-state index in [4.69, 9.17) is 26.4 Å². The van der Waals surface area contributed by atoms with Crippen LogP contribution in [0, 0.1) is 11.4 Å². The second-order valence-corrected chi connectivity index (χ2v) is 5.78. The van der Waals surface area contributed by atoms with E-state index < -0.39 is 30.4 Å². The molecule has 126 valence electrons. The fourth-order valence-electron chi connectivity index (χ4n) is 2.51. The number of aromatic nitrogens is 1. The summed E-state index contributed by atoms with van der Waals surface area (Å²) in [7, 11) is 0. The Morgan fingerprint density at radius 2 is 2.13 bits per heavy atom. The van der Waals surface area contributed by atoms with Gasteiger partial charge in [-0.2, -0.15) is 0 Å². The summed E-state index contributed by atoms with van der Waals surface area (Å²) < 4.78 is 18.1. The van der Waals surface area contributed by atoms with E-state index in [1.54, 1.807) is 23.8 Å². The molecule has 3 atom stereocenters. The summed E-state index contributed by atoms with van der Waals surface area (Å²) in [5.41, 5.74) is 0.553. The van der Waals surface area contributed by atoms with Gasteiger partial charge in [-0.1, -0.05) is 12.2 Å². The molecular weight excluding hydrogens is 322 g/mol. The van der Waals surface area contributed by atoms with Crippen molar-refractivity contribution in [3.05, 3.63) is 22.5 Å². The van der Waals surface area contributed by atoms with Crippen LogP contribution in [0.3, 0.4) is 0 Å². The molecule has 1 aliphatic heterocycles. The van der Waals surface area contributed by atoms with Crippen LogP contribution in [0.5, 0.6) is 5.75 Å². The molecule has 0 saturated carbocycles. The number of nitrogens with zero attached hydrogens (tertiary/aromatic N) is 1. The molecule has 0 radical (unpaired) electrons. The number of carbonyl (C=O) groups excluding carboxylic acids is 2. The molecule has 2 heterocycles. The van der Waals surface area contributed by atoms with Gasteiger partial charge in [0.25, 0.3) is 0 Å². The SMILES string of the molecule is CC(=O)OC[C@H]1O[C@@H](n2ccc(=S)c(O)c2C)C[C@@H]1OC(C)=O. The van der Waals surface area contributed by atoms with E-state index in [9.17, 15) is 14.7 Å². The van der Waals surface area contributed by atoms with Crippen molar-refractivity contribution in [2.45, 2.75) is 45.6 Å². The predicted molar refractivity (Wildman–Crippen MR) is 82.4 cm³/mol. The zero-order valence-corrected chi connectivity index (χ0v) is 14.0. The number of rotatable bonds is 4. The van der Waals surface area contributed by atoms with Gasteiger partial charge in [-0.25, -0.2) is 0 Å². The van der Waals surface area contributed by atoms with Crippen LogP contribution in [-0.4, -0.2) is 40.4 Å². The summed E-state index contributed by atoms with van der Waals surface area (Å²) in [4.78, 5) is 22.2. The Morgan fingerprint density at radius 1 is 1.43 bits per heavy atom. The summed E-state index contributed by atoms with van der Waals surface area (Å²) >= 11 is 5.02. The summed E-state index contributed by atoms with van der Waals surface area (Å²) in [6, 6.07) is 1.60. The second kappa shape index (κ2) is 7.10. The van der Waals surface area contributed by atoms with Crippen LogP contribution in [0.25, 0.3) is 0 Å². The largest absolute Gasteiger partial charge is 0.505 e. The van der Waals surface area contributed by atoms with Crippen LogP contribution >= 0.6 is 12.2 Å². The zero-order chi connectivity index (χ0) is 17.1. The van der Waals surface area contributed by atoms with Crippen LogP contribution in [0.2, 0.25) is 0 Å². The van der Waals surface area contributed by atoms with Crippen LogP contribution in [-0.2, 0) is 23.8 Å². The second-order valence-electron chi connectivity index (χ2n) is 5.34. The molecule has 1 fully saturated rings. The third kappa shape index (κ3) is 4.08. The molecule has 0 unspecified atom stereocenters. The van der Waals surface area contributed by atoms with Crippen LogP contribution in [0.1, 0.15) is 32.2 Å². The lowest BCUT2D eigenvalue weighted by Gasteiger charge is -2.19. The van der Waals surface area contributed by atoms with Gasteiger partial charge in [0.1, 0.15) is 25.0 Å². The lowest BCUT2D eigenvalue weighted by atomic mass is 10.2. The molecule has 1 aromatic heterocycles. The molecule has 8 heteroatoms. The molecule has 1 aliphatic rings. The first-order chi connectivity index (χ1) is 10.8. The monoisotopic (exact) mass is 341 g/mol. The molecule has 0 aromatic carbocycles. The lowest BCUT2D eigenvalue weighted by Crippen LogP contribution is -2.31. The Labute approximate surface area is 138 Å².